The fraction of sp³-hybridized carbons (Fsp3) is 0.857. The number of nitrogens with two attached hydrogens (primary N) is 1. The Morgan fingerprint density at radius 1 is 1.25 bits per heavy atom. The van der Waals surface area contributed by atoms with E-state index in [-0.39, 0.29) is 23.4 Å². The summed E-state index contributed by atoms with van der Waals surface area (Å²) in [5.41, 5.74) is 5.65. The minimum absolute atomic E-state index is 0.0710. The highest BCUT2D eigenvalue weighted by Gasteiger charge is 2.35. The Kier molecular flexibility index (Phi) is 5.39. The first kappa shape index (κ1) is 16.8. The van der Waals surface area contributed by atoms with Gasteiger partial charge in [-0.15, -0.1) is 0 Å². The number of nitrogens with one attached hydrogen (secondary N) is 1. The van der Waals surface area contributed by atoms with Crippen LogP contribution >= 0.6 is 0 Å². The molecule has 1 saturated carbocycles. The van der Waals surface area contributed by atoms with Crippen molar-refractivity contribution in [3.8, 4) is 0 Å². The van der Waals surface area contributed by atoms with Gasteiger partial charge in [0.15, 0.2) is 0 Å². The van der Waals surface area contributed by atoms with E-state index < -0.39 is 12.2 Å². The second kappa shape index (κ2) is 6.43. The van der Waals surface area contributed by atoms with Crippen molar-refractivity contribution in [2.45, 2.75) is 57.7 Å². The zero-order valence-corrected chi connectivity index (χ0v) is 13.1. The molecule has 0 bridgehead atoms. The molecule has 1 fully saturated rings. The summed E-state index contributed by atoms with van der Waals surface area (Å²) in [4.78, 5) is 25.4. The largest absolute Gasteiger partial charge is 0.445 e. The maximum Gasteiger partial charge on any atom is 0.407 e. The third-order valence-corrected chi connectivity index (χ3v) is 3.37. The van der Waals surface area contributed by atoms with Gasteiger partial charge in [0, 0.05) is 31.6 Å². The number of hydrogen-bond acceptors (Lipinski definition) is 4. The van der Waals surface area contributed by atoms with Gasteiger partial charge in [0.05, 0.1) is 0 Å². The first-order chi connectivity index (χ1) is 9.10. The summed E-state index contributed by atoms with van der Waals surface area (Å²) in [7, 11) is 3.47. The van der Waals surface area contributed by atoms with Crippen LogP contribution in [0.3, 0.4) is 0 Å². The molecule has 0 aromatic carbocycles. The van der Waals surface area contributed by atoms with Crippen LogP contribution in [0.25, 0.3) is 0 Å². The van der Waals surface area contributed by atoms with Crippen molar-refractivity contribution >= 4 is 12.0 Å². The zero-order valence-electron chi connectivity index (χ0n) is 13.1. The van der Waals surface area contributed by atoms with Crippen LogP contribution in [0.15, 0.2) is 0 Å². The summed E-state index contributed by atoms with van der Waals surface area (Å²) in [6, 6.07) is -0.202. The zero-order chi connectivity index (χ0) is 15.5. The van der Waals surface area contributed by atoms with Crippen LogP contribution in [-0.4, -0.2) is 48.7 Å². The molecule has 1 aliphatic rings. The molecule has 0 aromatic rings. The number of alkyl carbamates (subject to hydrolysis) is 1. The normalized spacial score (nSPS) is 26.8. The van der Waals surface area contributed by atoms with Crippen molar-refractivity contribution in [3.63, 3.8) is 0 Å². The van der Waals surface area contributed by atoms with E-state index in [9.17, 15) is 9.59 Å². The molecule has 3 atom stereocenters. The molecule has 2 amide bonds. The van der Waals surface area contributed by atoms with Crippen LogP contribution in [0.5, 0.6) is 0 Å². The van der Waals surface area contributed by atoms with Gasteiger partial charge in [-0.1, -0.05) is 0 Å². The molecule has 0 radical (unpaired) electrons. The fourth-order valence-corrected chi connectivity index (χ4v) is 2.35. The van der Waals surface area contributed by atoms with Crippen LogP contribution in [0.1, 0.15) is 40.0 Å². The molecule has 0 aromatic heterocycles. The van der Waals surface area contributed by atoms with Crippen molar-refractivity contribution in [2.24, 2.45) is 11.7 Å². The van der Waals surface area contributed by atoms with Gasteiger partial charge in [0.2, 0.25) is 5.91 Å². The lowest BCUT2D eigenvalue weighted by molar-refractivity contribution is -0.135. The summed E-state index contributed by atoms with van der Waals surface area (Å²) < 4.78 is 5.39. The van der Waals surface area contributed by atoms with Crippen LogP contribution < -0.4 is 11.1 Å². The lowest BCUT2D eigenvalue weighted by atomic mass is 9.83. The van der Waals surface area contributed by atoms with Gasteiger partial charge in [0.1, 0.15) is 6.10 Å². The van der Waals surface area contributed by atoms with Gasteiger partial charge >= 0.3 is 6.09 Å². The predicted octanol–water partition coefficient (Wildman–Crippen LogP) is 1.10. The number of hydrogen-bond donors (Lipinski definition) is 2. The molecule has 0 saturated heterocycles. The SMILES string of the molecule is CN(C)C(=O)[C@@H]1CC[C@H](N)[C@@H](OC(=O)NC(C)(C)C)C1. The van der Waals surface area contributed by atoms with E-state index in [4.69, 9.17) is 10.5 Å². The Bertz CT molecular complexity index is 363. The summed E-state index contributed by atoms with van der Waals surface area (Å²) in [5.74, 6) is -0.0426. The van der Waals surface area contributed by atoms with Gasteiger partial charge < -0.3 is 20.7 Å². The molecule has 0 aliphatic heterocycles. The van der Waals surface area contributed by atoms with E-state index in [0.717, 1.165) is 6.42 Å². The van der Waals surface area contributed by atoms with Crippen molar-refractivity contribution in [2.75, 3.05) is 14.1 Å². The summed E-state index contributed by atoms with van der Waals surface area (Å²) in [5, 5.41) is 2.74. The molecule has 0 spiro atoms. The Balaban J connectivity index is 2.59. The Morgan fingerprint density at radius 3 is 2.35 bits per heavy atom. The molecule has 20 heavy (non-hydrogen) atoms. The summed E-state index contributed by atoms with van der Waals surface area (Å²) in [6.45, 7) is 5.65. The molecule has 1 aliphatic carbocycles. The molecule has 0 unspecified atom stereocenters. The number of amides is 2. The Morgan fingerprint density at radius 2 is 1.85 bits per heavy atom. The van der Waals surface area contributed by atoms with Crippen LogP contribution in [0.2, 0.25) is 0 Å². The quantitative estimate of drug-likeness (QED) is 0.795. The third kappa shape index (κ3) is 5.00. The summed E-state index contributed by atoms with van der Waals surface area (Å²) in [6.07, 6.45) is 1.06. The van der Waals surface area contributed by atoms with E-state index >= 15 is 0 Å². The van der Waals surface area contributed by atoms with Gasteiger partial charge in [-0.25, -0.2) is 4.79 Å². The maximum absolute atomic E-state index is 12.0. The molecule has 1 rings (SSSR count). The van der Waals surface area contributed by atoms with E-state index in [1.807, 2.05) is 20.8 Å². The van der Waals surface area contributed by atoms with Crippen molar-refractivity contribution in [1.82, 2.24) is 10.2 Å². The van der Waals surface area contributed by atoms with E-state index in [2.05, 4.69) is 5.32 Å². The lowest BCUT2D eigenvalue weighted by Crippen LogP contribution is -2.49. The number of ether oxygens (including phenoxy) is 1. The van der Waals surface area contributed by atoms with E-state index in [0.29, 0.717) is 12.8 Å². The molecule has 116 valence electrons. The average molecular weight is 285 g/mol. The van der Waals surface area contributed by atoms with Crippen LogP contribution in [0.4, 0.5) is 4.79 Å². The molecule has 0 heterocycles. The lowest BCUT2D eigenvalue weighted by Gasteiger charge is -2.34. The van der Waals surface area contributed by atoms with Gasteiger partial charge in [-0.3, -0.25) is 4.79 Å². The average Bonchev–Trinajstić information content (AvgIpc) is 2.28. The smallest absolute Gasteiger partial charge is 0.407 e. The second-order valence-electron chi connectivity index (χ2n) is 6.73. The van der Waals surface area contributed by atoms with E-state index in [1.165, 1.54) is 0 Å². The van der Waals surface area contributed by atoms with Gasteiger partial charge in [-0.2, -0.15) is 0 Å². The minimum Gasteiger partial charge on any atom is -0.445 e. The monoisotopic (exact) mass is 285 g/mol. The van der Waals surface area contributed by atoms with Crippen molar-refractivity contribution in [3.05, 3.63) is 0 Å². The third-order valence-electron chi connectivity index (χ3n) is 3.37. The molecule has 6 heteroatoms. The molecule has 6 nitrogen and oxygen atoms in total. The highest BCUT2D eigenvalue weighted by atomic mass is 16.6. The van der Waals surface area contributed by atoms with Crippen LogP contribution in [-0.2, 0) is 9.53 Å². The number of carbonyl (C=O) groups is 2. The highest BCUT2D eigenvalue weighted by molar-refractivity contribution is 5.78. The van der Waals surface area contributed by atoms with Gasteiger partial charge in [0.25, 0.3) is 0 Å². The predicted molar refractivity (Wildman–Crippen MR) is 77.2 cm³/mol. The van der Waals surface area contributed by atoms with Crippen molar-refractivity contribution in [1.29, 1.82) is 0 Å². The topological polar surface area (TPSA) is 84.7 Å². The Labute approximate surface area is 121 Å². The molecule has 3 N–H and O–H groups in total. The number of rotatable bonds is 2. The standard InChI is InChI=1S/C14H27N3O3/c1-14(2,3)16-13(19)20-11-8-9(6-7-10(11)15)12(18)17(4)5/h9-11H,6-8,15H2,1-5H3,(H,16,19)/t9-,10+,11+/m1/s1. The number of nitrogens with zero attached hydrogens (tertiary/aromatic N) is 1. The fourth-order valence-electron chi connectivity index (χ4n) is 2.35. The maximum atomic E-state index is 12.0. The molecular formula is C14H27N3O3. The Hall–Kier alpha value is -1.30. The van der Waals surface area contributed by atoms with E-state index in [1.54, 1.807) is 19.0 Å². The minimum atomic E-state index is -0.476. The van der Waals surface area contributed by atoms with Crippen LogP contribution in [0, 0.1) is 5.92 Å². The molecular weight excluding hydrogens is 258 g/mol. The first-order valence-corrected chi connectivity index (χ1v) is 7.05. The van der Waals surface area contributed by atoms with Crippen molar-refractivity contribution < 1.29 is 14.3 Å². The highest BCUT2D eigenvalue weighted by Crippen LogP contribution is 2.27. The first-order valence-electron chi connectivity index (χ1n) is 7.05. The number of carbonyl (C=O) groups excluding carboxylic acids is 2. The summed E-state index contributed by atoms with van der Waals surface area (Å²) >= 11 is 0. The second-order valence-corrected chi connectivity index (χ2v) is 6.73. The van der Waals surface area contributed by atoms with Gasteiger partial charge in [-0.05, 0) is 40.0 Å².